The highest BCUT2D eigenvalue weighted by atomic mass is 16.4. The van der Waals surface area contributed by atoms with E-state index in [2.05, 4.69) is 5.32 Å². The van der Waals surface area contributed by atoms with Crippen molar-refractivity contribution >= 4 is 11.9 Å². The number of rotatable bonds is 4. The van der Waals surface area contributed by atoms with Gasteiger partial charge in [0.1, 0.15) is 11.5 Å². The minimum Gasteiger partial charge on any atom is -0.481 e. The number of amides is 1. The van der Waals surface area contributed by atoms with Crippen LogP contribution < -0.4 is 5.32 Å². The zero-order chi connectivity index (χ0) is 13.2. The van der Waals surface area contributed by atoms with Gasteiger partial charge in [-0.15, -0.1) is 0 Å². The van der Waals surface area contributed by atoms with Crippen molar-refractivity contribution in [1.29, 1.82) is 0 Å². The molecule has 1 rings (SSSR count). The Morgan fingerprint density at radius 2 is 1.88 bits per heavy atom. The summed E-state index contributed by atoms with van der Waals surface area (Å²) in [6.07, 6.45) is -0.0966. The number of aliphatic carboxylic acids is 1. The van der Waals surface area contributed by atoms with E-state index in [0.29, 0.717) is 17.1 Å². The second kappa shape index (κ2) is 5.03. The van der Waals surface area contributed by atoms with E-state index in [1.807, 2.05) is 6.92 Å². The van der Waals surface area contributed by atoms with Crippen LogP contribution >= 0.6 is 0 Å². The maximum Gasteiger partial charge on any atom is 0.305 e. The molecule has 0 aliphatic rings. The van der Waals surface area contributed by atoms with Crippen molar-refractivity contribution in [3.63, 3.8) is 0 Å². The quantitative estimate of drug-likeness (QED) is 0.839. The number of carbonyl (C=O) groups excluding carboxylic acids is 1. The predicted molar refractivity (Wildman–Crippen MR) is 62.1 cm³/mol. The Kier molecular flexibility index (Phi) is 3.93. The van der Waals surface area contributed by atoms with E-state index in [-0.39, 0.29) is 12.3 Å². The summed E-state index contributed by atoms with van der Waals surface area (Å²) in [7, 11) is 0. The van der Waals surface area contributed by atoms with E-state index in [9.17, 15) is 9.59 Å². The lowest BCUT2D eigenvalue weighted by Crippen LogP contribution is -2.34. The molecule has 17 heavy (non-hydrogen) atoms. The molecule has 1 unspecified atom stereocenters. The number of furan rings is 1. The average molecular weight is 239 g/mol. The van der Waals surface area contributed by atoms with E-state index in [1.54, 1.807) is 20.8 Å². The number of carboxylic acids is 1. The summed E-state index contributed by atoms with van der Waals surface area (Å²) in [4.78, 5) is 22.4. The van der Waals surface area contributed by atoms with Crippen molar-refractivity contribution in [3.8, 4) is 0 Å². The molecule has 0 aliphatic carbocycles. The Balaban J connectivity index is 2.80. The number of carboxylic acid groups (broad SMARTS) is 1. The Morgan fingerprint density at radius 3 is 2.29 bits per heavy atom. The van der Waals surface area contributed by atoms with Crippen molar-refractivity contribution in [3.05, 3.63) is 22.6 Å². The maximum atomic E-state index is 11.9. The molecule has 5 heteroatoms. The third-order valence-electron chi connectivity index (χ3n) is 2.65. The number of nitrogens with one attached hydrogen (secondary N) is 1. The maximum absolute atomic E-state index is 11.9. The second-order valence-electron chi connectivity index (χ2n) is 4.19. The molecule has 0 saturated carbocycles. The van der Waals surface area contributed by atoms with Gasteiger partial charge in [-0.05, 0) is 27.7 Å². The van der Waals surface area contributed by atoms with E-state index in [0.717, 1.165) is 5.56 Å². The van der Waals surface area contributed by atoms with Crippen LogP contribution in [-0.2, 0) is 4.79 Å². The minimum absolute atomic E-state index is 0.0966. The van der Waals surface area contributed by atoms with Crippen LogP contribution in [0.5, 0.6) is 0 Å². The first-order valence-corrected chi connectivity index (χ1v) is 5.42. The fourth-order valence-corrected chi connectivity index (χ4v) is 1.74. The molecule has 0 radical (unpaired) electrons. The number of aryl methyl sites for hydroxylation is 2. The molecule has 0 spiro atoms. The summed E-state index contributed by atoms with van der Waals surface area (Å²) in [5.74, 6) is 0.0405. The molecule has 2 N–H and O–H groups in total. The molecule has 5 nitrogen and oxygen atoms in total. The number of hydrogen-bond acceptors (Lipinski definition) is 3. The van der Waals surface area contributed by atoms with Crippen LogP contribution in [0.4, 0.5) is 0 Å². The molecule has 0 aromatic carbocycles. The zero-order valence-corrected chi connectivity index (χ0v) is 10.5. The smallest absolute Gasteiger partial charge is 0.305 e. The molecular formula is C12H17NO4. The summed E-state index contributed by atoms with van der Waals surface area (Å²) in [5.41, 5.74) is 1.29. The fourth-order valence-electron chi connectivity index (χ4n) is 1.74. The largest absolute Gasteiger partial charge is 0.481 e. The highest BCUT2D eigenvalue weighted by Crippen LogP contribution is 2.20. The average Bonchev–Trinajstić information content (AvgIpc) is 2.39. The van der Waals surface area contributed by atoms with E-state index >= 15 is 0 Å². The Morgan fingerprint density at radius 1 is 1.29 bits per heavy atom. The van der Waals surface area contributed by atoms with Crippen molar-refractivity contribution < 1.29 is 19.1 Å². The lowest BCUT2D eigenvalue weighted by molar-refractivity contribution is -0.137. The highest BCUT2D eigenvalue weighted by Gasteiger charge is 2.20. The summed E-state index contributed by atoms with van der Waals surface area (Å²) in [5, 5.41) is 11.3. The molecule has 0 bridgehead atoms. The Labute approximate surface area is 99.8 Å². The third-order valence-corrected chi connectivity index (χ3v) is 2.65. The SMILES string of the molecule is Cc1oc(C)c(C(=O)NC(C)CC(=O)O)c1C. The van der Waals surface area contributed by atoms with Crippen LogP contribution in [0.15, 0.2) is 4.42 Å². The summed E-state index contributed by atoms with van der Waals surface area (Å²) >= 11 is 0. The fraction of sp³-hybridized carbons (Fsp3) is 0.500. The van der Waals surface area contributed by atoms with Crippen LogP contribution in [0.3, 0.4) is 0 Å². The highest BCUT2D eigenvalue weighted by molar-refractivity contribution is 5.97. The number of carbonyl (C=O) groups is 2. The Hall–Kier alpha value is -1.78. The van der Waals surface area contributed by atoms with Gasteiger partial charge >= 0.3 is 5.97 Å². The topological polar surface area (TPSA) is 79.5 Å². The van der Waals surface area contributed by atoms with E-state index < -0.39 is 12.0 Å². The monoisotopic (exact) mass is 239 g/mol. The van der Waals surface area contributed by atoms with Crippen LogP contribution in [0, 0.1) is 20.8 Å². The van der Waals surface area contributed by atoms with Crippen LogP contribution in [0.1, 0.15) is 40.8 Å². The second-order valence-corrected chi connectivity index (χ2v) is 4.19. The van der Waals surface area contributed by atoms with Gasteiger partial charge in [0.2, 0.25) is 0 Å². The first-order chi connectivity index (χ1) is 7.82. The molecule has 1 aromatic heterocycles. The normalized spacial score (nSPS) is 12.2. The van der Waals surface area contributed by atoms with Crippen molar-refractivity contribution in [2.75, 3.05) is 0 Å². The van der Waals surface area contributed by atoms with Gasteiger partial charge in [0.05, 0.1) is 12.0 Å². The van der Waals surface area contributed by atoms with Gasteiger partial charge in [0, 0.05) is 11.6 Å². The van der Waals surface area contributed by atoms with Crippen LogP contribution in [0.2, 0.25) is 0 Å². The molecule has 0 aliphatic heterocycles. The molecule has 94 valence electrons. The van der Waals surface area contributed by atoms with Crippen molar-refractivity contribution in [2.45, 2.75) is 40.2 Å². The molecule has 1 atom stereocenters. The first-order valence-electron chi connectivity index (χ1n) is 5.42. The van der Waals surface area contributed by atoms with E-state index in [1.165, 1.54) is 0 Å². The first kappa shape index (κ1) is 13.3. The van der Waals surface area contributed by atoms with Crippen molar-refractivity contribution in [2.24, 2.45) is 0 Å². The summed E-state index contributed by atoms with van der Waals surface area (Å²) in [6.45, 7) is 6.98. The van der Waals surface area contributed by atoms with Crippen molar-refractivity contribution in [1.82, 2.24) is 5.32 Å². The lowest BCUT2D eigenvalue weighted by atomic mass is 10.1. The lowest BCUT2D eigenvalue weighted by Gasteiger charge is -2.11. The standard InChI is InChI=1S/C12H17NO4/c1-6(5-10(14)15)13-12(16)11-7(2)8(3)17-9(11)4/h6H,5H2,1-4H3,(H,13,16)(H,14,15). The van der Waals surface area contributed by atoms with Gasteiger partial charge in [-0.25, -0.2) is 0 Å². The third kappa shape index (κ3) is 3.09. The van der Waals surface area contributed by atoms with Gasteiger partial charge in [-0.2, -0.15) is 0 Å². The summed E-state index contributed by atoms with van der Waals surface area (Å²) < 4.78 is 5.35. The molecule has 0 fully saturated rings. The molecule has 0 saturated heterocycles. The molecule has 1 aromatic rings. The zero-order valence-electron chi connectivity index (χ0n) is 10.5. The Bertz CT molecular complexity index is 448. The number of hydrogen-bond donors (Lipinski definition) is 2. The van der Waals surface area contributed by atoms with Gasteiger partial charge in [-0.1, -0.05) is 0 Å². The van der Waals surface area contributed by atoms with Gasteiger partial charge in [0.25, 0.3) is 5.91 Å². The van der Waals surface area contributed by atoms with Gasteiger partial charge < -0.3 is 14.8 Å². The molecular weight excluding hydrogens is 222 g/mol. The van der Waals surface area contributed by atoms with Gasteiger partial charge in [-0.3, -0.25) is 9.59 Å². The molecule has 1 amide bonds. The predicted octanol–water partition coefficient (Wildman–Crippen LogP) is 1.80. The van der Waals surface area contributed by atoms with Crippen LogP contribution in [0.25, 0.3) is 0 Å². The molecule has 1 heterocycles. The summed E-state index contributed by atoms with van der Waals surface area (Å²) in [6, 6.07) is -0.408. The van der Waals surface area contributed by atoms with E-state index in [4.69, 9.17) is 9.52 Å². The minimum atomic E-state index is -0.936. The van der Waals surface area contributed by atoms with Crippen LogP contribution in [-0.4, -0.2) is 23.0 Å². The van der Waals surface area contributed by atoms with Gasteiger partial charge in [0.15, 0.2) is 0 Å².